The molecule has 2 unspecified atom stereocenters. The molecular formula is C76H148O17P2. The van der Waals surface area contributed by atoms with Gasteiger partial charge < -0.3 is 33.8 Å². The third kappa shape index (κ3) is 70.3. The Morgan fingerprint density at radius 3 is 0.716 bits per heavy atom. The smallest absolute Gasteiger partial charge is 0.462 e. The van der Waals surface area contributed by atoms with Crippen molar-refractivity contribution in [1.29, 1.82) is 0 Å². The molecule has 0 aromatic rings. The number of ether oxygens (including phenoxy) is 4. The fourth-order valence-electron chi connectivity index (χ4n) is 11.6. The third-order valence-electron chi connectivity index (χ3n) is 17.6. The van der Waals surface area contributed by atoms with Crippen LogP contribution in [0.1, 0.15) is 389 Å². The van der Waals surface area contributed by atoms with Crippen LogP contribution in [0, 0.1) is 17.8 Å². The first-order valence-corrected chi connectivity index (χ1v) is 42.3. The minimum atomic E-state index is -4.96. The summed E-state index contributed by atoms with van der Waals surface area (Å²) < 4.78 is 68.5. The molecule has 564 valence electrons. The van der Waals surface area contributed by atoms with Gasteiger partial charge in [-0.25, -0.2) is 9.13 Å². The molecule has 0 bridgehead atoms. The number of esters is 4. The van der Waals surface area contributed by atoms with Crippen molar-refractivity contribution in [2.75, 3.05) is 39.6 Å². The standard InChI is InChI=1S/C76H148O17P2/c1-8-9-10-11-12-13-14-15-18-22-25-30-35-43-50-57-73(78)86-63-71(92-75(80)59-52-45-36-31-26-23-20-17-16-19-21-24-28-33-40-47-54-67(2)3)65-90-94(82,83)88-61-70(77)62-89-95(84,85)91-66-72(64-87-74(79)58-51-44-39-38-42-49-56-69(6)7)93-76(81)60-53-46-37-32-27-29-34-41-48-55-68(4)5/h67-72,77H,8-66H2,1-7H3,(H,82,83)(H,84,85)/t70-,71-,72-/m1/s1. The molecule has 0 amide bonds. The van der Waals surface area contributed by atoms with Crippen LogP contribution >= 0.6 is 15.6 Å². The number of unbranched alkanes of at least 4 members (excludes halogenated alkanes) is 42. The molecule has 0 spiro atoms. The molecule has 0 aliphatic carbocycles. The van der Waals surface area contributed by atoms with E-state index >= 15 is 0 Å². The molecule has 0 aliphatic rings. The maximum absolute atomic E-state index is 13.1. The van der Waals surface area contributed by atoms with Crippen molar-refractivity contribution in [1.82, 2.24) is 0 Å². The summed E-state index contributed by atoms with van der Waals surface area (Å²) in [5.41, 5.74) is 0. The number of aliphatic hydroxyl groups excluding tert-OH is 1. The first-order valence-electron chi connectivity index (χ1n) is 39.3. The van der Waals surface area contributed by atoms with Gasteiger partial charge in [0.05, 0.1) is 26.4 Å². The van der Waals surface area contributed by atoms with Crippen molar-refractivity contribution in [2.24, 2.45) is 17.8 Å². The van der Waals surface area contributed by atoms with Crippen molar-refractivity contribution < 1.29 is 80.2 Å². The predicted molar refractivity (Wildman–Crippen MR) is 386 cm³/mol. The summed E-state index contributed by atoms with van der Waals surface area (Å²) in [7, 11) is -9.91. The monoisotopic (exact) mass is 1400 g/mol. The van der Waals surface area contributed by atoms with E-state index in [1.807, 2.05) is 0 Å². The molecule has 0 heterocycles. The zero-order valence-electron chi connectivity index (χ0n) is 62.1. The average Bonchev–Trinajstić information content (AvgIpc) is 1.32. The zero-order chi connectivity index (χ0) is 70.1. The van der Waals surface area contributed by atoms with Crippen molar-refractivity contribution in [3.05, 3.63) is 0 Å². The van der Waals surface area contributed by atoms with Crippen molar-refractivity contribution >= 4 is 39.5 Å². The molecule has 19 heteroatoms. The molecule has 17 nitrogen and oxygen atoms in total. The van der Waals surface area contributed by atoms with E-state index in [2.05, 4.69) is 48.5 Å². The van der Waals surface area contributed by atoms with Crippen LogP contribution in [-0.4, -0.2) is 96.7 Å². The lowest BCUT2D eigenvalue weighted by Crippen LogP contribution is -2.30. The van der Waals surface area contributed by atoms with Crippen LogP contribution in [0.25, 0.3) is 0 Å². The van der Waals surface area contributed by atoms with Gasteiger partial charge in [-0.2, -0.15) is 0 Å². The number of rotatable bonds is 74. The number of phosphoric ester groups is 2. The molecule has 3 N–H and O–H groups in total. The van der Waals surface area contributed by atoms with E-state index in [1.165, 1.54) is 193 Å². The van der Waals surface area contributed by atoms with E-state index in [4.69, 9.17) is 37.0 Å². The molecule has 0 saturated heterocycles. The Balaban J connectivity index is 5.22. The summed E-state index contributed by atoms with van der Waals surface area (Å²) >= 11 is 0. The molecule has 0 fully saturated rings. The number of hydrogen-bond donors (Lipinski definition) is 3. The van der Waals surface area contributed by atoms with Crippen LogP contribution in [0.15, 0.2) is 0 Å². The van der Waals surface area contributed by atoms with Gasteiger partial charge in [0.15, 0.2) is 12.2 Å². The number of phosphoric acid groups is 2. The minimum absolute atomic E-state index is 0.104. The van der Waals surface area contributed by atoms with Crippen LogP contribution in [0.4, 0.5) is 0 Å². The predicted octanol–water partition coefficient (Wildman–Crippen LogP) is 22.2. The molecule has 0 radical (unpaired) electrons. The maximum atomic E-state index is 13.1. The number of carbonyl (C=O) groups excluding carboxylic acids is 4. The molecule has 0 aromatic heterocycles. The van der Waals surface area contributed by atoms with Gasteiger partial charge in [0.2, 0.25) is 0 Å². The topological polar surface area (TPSA) is 237 Å². The summed E-state index contributed by atoms with van der Waals surface area (Å²) in [6, 6.07) is 0. The first-order chi connectivity index (χ1) is 45.7. The SMILES string of the molecule is CCCCCCCCCCCCCCCCCC(=O)OC[C@H](COP(=O)(O)OC[C@@H](O)COP(=O)(O)OC[C@@H](COC(=O)CCCCCCCCC(C)C)OC(=O)CCCCCCCCCCCC(C)C)OC(=O)CCCCCCCCCCCCCCCCCCC(C)C. The van der Waals surface area contributed by atoms with Crippen LogP contribution in [0.5, 0.6) is 0 Å². The summed E-state index contributed by atoms with van der Waals surface area (Å²) in [5, 5.41) is 10.6. The molecule has 0 aliphatic heterocycles. The molecule has 0 aromatic carbocycles. The van der Waals surface area contributed by atoms with Gasteiger partial charge in [-0.15, -0.1) is 0 Å². The van der Waals surface area contributed by atoms with E-state index in [1.54, 1.807) is 0 Å². The maximum Gasteiger partial charge on any atom is 0.472 e. The van der Waals surface area contributed by atoms with E-state index in [9.17, 15) is 43.2 Å². The second-order valence-electron chi connectivity index (χ2n) is 28.8. The van der Waals surface area contributed by atoms with E-state index in [0.29, 0.717) is 31.6 Å². The first kappa shape index (κ1) is 93.1. The Morgan fingerprint density at radius 1 is 0.284 bits per heavy atom. The fraction of sp³-hybridized carbons (Fsp3) is 0.947. The normalized spacial score (nSPS) is 14.1. The summed E-state index contributed by atoms with van der Waals surface area (Å²) in [5.74, 6) is 0.105. The zero-order valence-corrected chi connectivity index (χ0v) is 63.9. The largest absolute Gasteiger partial charge is 0.472 e. The number of hydrogen-bond acceptors (Lipinski definition) is 15. The lowest BCUT2D eigenvalue weighted by Gasteiger charge is -2.21. The fourth-order valence-corrected chi connectivity index (χ4v) is 13.2. The lowest BCUT2D eigenvalue weighted by atomic mass is 10.0. The summed E-state index contributed by atoms with van der Waals surface area (Å²) in [6.07, 6.45) is 52.9. The van der Waals surface area contributed by atoms with Gasteiger partial charge in [-0.05, 0) is 43.4 Å². The second kappa shape index (κ2) is 66.6. The lowest BCUT2D eigenvalue weighted by molar-refractivity contribution is -0.161. The van der Waals surface area contributed by atoms with E-state index in [0.717, 1.165) is 108 Å². The molecule has 5 atom stereocenters. The Morgan fingerprint density at radius 2 is 0.484 bits per heavy atom. The number of carbonyl (C=O) groups is 4. The molecule has 0 rings (SSSR count). The van der Waals surface area contributed by atoms with Gasteiger partial charge in [0.25, 0.3) is 0 Å². The van der Waals surface area contributed by atoms with Crippen LogP contribution in [0.2, 0.25) is 0 Å². The highest BCUT2D eigenvalue weighted by atomic mass is 31.2. The van der Waals surface area contributed by atoms with Gasteiger partial charge >= 0.3 is 39.5 Å². The molecular weight excluding hydrogens is 1250 g/mol. The van der Waals surface area contributed by atoms with Gasteiger partial charge in [-0.3, -0.25) is 37.3 Å². The average molecular weight is 1400 g/mol. The second-order valence-corrected chi connectivity index (χ2v) is 31.7. The number of aliphatic hydroxyl groups is 1. The highest BCUT2D eigenvalue weighted by molar-refractivity contribution is 7.47. The molecule has 95 heavy (non-hydrogen) atoms. The van der Waals surface area contributed by atoms with Gasteiger partial charge in [-0.1, -0.05) is 337 Å². The quantitative estimate of drug-likeness (QED) is 0.0222. The Hall–Kier alpha value is -1.94. The van der Waals surface area contributed by atoms with Crippen molar-refractivity contribution in [3.63, 3.8) is 0 Å². The van der Waals surface area contributed by atoms with Crippen LogP contribution < -0.4 is 0 Å². The minimum Gasteiger partial charge on any atom is -0.462 e. The van der Waals surface area contributed by atoms with Crippen molar-refractivity contribution in [3.8, 4) is 0 Å². The van der Waals surface area contributed by atoms with E-state index < -0.39 is 97.5 Å². The highest BCUT2D eigenvalue weighted by Crippen LogP contribution is 2.45. The Kier molecular flexibility index (Phi) is 65.2. The molecule has 0 saturated carbocycles. The highest BCUT2D eigenvalue weighted by Gasteiger charge is 2.30. The van der Waals surface area contributed by atoms with Crippen LogP contribution in [0.3, 0.4) is 0 Å². The third-order valence-corrected chi connectivity index (χ3v) is 19.5. The van der Waals surface area contributed by atoms with Crippen LogP contribution in [-0.2, 0) is 65.4 Å². The Bertz CT molecular complexity index is 1850. The summed E-state index contributed by atoms with van der Waals surface area (Å²) in [4.78, 5) is 72.8. The van der Waals surface area contributed by atoms with Gasteiger partial charge in [0, 0.05) is 25.7 Å². The Labute approximate surface area is 581 Å². The van der Waals surface area contributed by atoms with Gasteiger partial charge in [0.1, 0.15) is 19.3 Å². The van der Waals surface area contributed by atoms with E-state index in [-0.39, 0.29) is 25.7 Å². The van der Waals surface area contributed by atoms with Crippen molar-refractivity contribution in [2.45, 2.75) is 407 Å². The summed E-state index contributed by atoms with van der Waals surface area (Å²) in [6.45, 7) is 11.8.